The zero-order valence-corrected chi connectivity index (χ0v) is 22.1. The third-order valence-corrected chi connectivity index (χ3v) is 6.33. The number of aryl methyl sites for hydroxylation is 4. The maximum atomic E-state index is 11.9. The zero-order chi connectivity index (χ0) is 24.5. The molecular weight excluding hydrogens is 479 g/mol. The summed E-state index contributed by atoms with van der Waals surface area (Å²) in [5.74, 6) is 0.779. The Bertz CT molecular complexity index is 945. The van der Waals surface area contributed by atoms with E-state index in [1.54, 1.807) is 0 Å². The van der Waals surface area contributed by atoms with Crippen LogP contribution in [0.25, 0.3) is 0 Å². The Morgan fingerprint density at radius 2 is 1.58 bits per heavy atom. The van der Waals surface area contributed by atoms with E-state index >= 15 is 0 Å². The summed E-state index contributed by atoms with van der Waals surface area (Å²) in [5, 5.41) is 4.13. The van der Waals surface area contributed by atoms with Crippen molar-refractivity contribution >= 4 is 58.0 Å². The van der Waals surface area contributed by atoms with Crippen LogP contribution in [-0.2, 0) is 9.59 Å². The summed E-state index contributed by atoms with van der Waals surface area (Å²) in [7, 11) is 0. The second-order valence-electron chi connectivity index (χ2n) is 8.55. The number of halogens is 3. The predicted molar refractivity (Wildman–Crippen MR) is 141 cm³/mol. The Morgan fingerprint density at radius 1 is 0.939 bits per heavy atom. The lowest BCUT2D eigenvalue weighted by Gasteiger charge is -2.29. The fourth-order valence-electron chi connectivity index (χ4n) is 3.95. The first-order chi connectivity index (χ1) is 15.6. The van der Waals surface area contributed by atoms with Gasteiger partial charge in [0.05, 0.1) is 21.4 Å². The number of nitrogens with one attached hydrogen (secondary N) is 1. The molecule has 0 unspecified atom stereocenters. The predicted octanol–water partition coefficient (Wildman–Crippen LogP) is 7.78. The fraction of sp³-hybridized carbons (Fsp3) is 0.462. The first-order valence-electron chi connectivity index (χ1n) is 11.3. The number of piperidine rings is 1. The Balaban J connectivity index is 0.000000234. The number of carbonyl (C=O) groups is 2. The molecule has 0 aromatic heterocycles. The molecule has 0 bridgehead atoms. The molecule has 3 rings (SSSR count). The highest BCUT2D eigenvalue weighted by atomic mass is 35.5. The molecule has 1 fully saturated rings. The topological polar surface area (TPSA) is 49.4 Å². The second kappa shape index (κ2) is 13.2. The lowest BCUT2D eigenvalue weighted by Crippen LogP contribution is -2.35. The maximum absolute atomic E-state index is 11.9. The zero-order valence-electron chi connectivity index (χ0n) is 19.9. The molecule has 0 aliphatic carbocycles. The number of anilines is 2. The minimum atomic E-state index is -0.0102. The van der Waals surface area contributed by atoms with Gasteiger partial charge in [-0.3, -0.25) is 9.59 Å². The molecule has 180 valence electrons. The number of benzene rings is 2. The molecule has 1 aliphatic heterocycles. The second-order valence-corrected chi connectivity index (χ2v) is 9.74. The third kappa shape index (κ3) is 8.20. The Labute approximate surface area is 212 Å². The molecule has 1 heterocycles. The molecule has 7 heteroatoms. The molecule has 0 atom stereocenters. The number of amides is 2. The summed E-state index contributed by atoms with van der Waals surface area (Å²) >= 11 is 17.9. The molecule has 33 heavy (non-hydrogen) atoms. The molecule has 2 amide bonds. The summed E-state index contributed by atoms with van der Waals surface area (Å²) in [6, 6.07) is 7.85. The van der Waals surface area contributed by atoms with Gasteiger partial charge in [-0.1, -0.05) is 35.3 Å². The first kappa shape index (κ1) is 27.5. The fourth-order valence-corrected chi connectivity index (χ4v) is 4.93. The van der Waals surface area contributed by atoms with Gasteiger partial charge >= 0.3 is 0 Å². The Morgan fingerprint density at radius 3 is 2.15 bits per heavy atom. The van der Waals surface area contributed by atoms with Gasteiger partial charge in [0, 0.05) is 25.3 Å². The van der Waals surface area contributed by atoms with Crippen LogP contribution in [0.3, 0.4) is 0 Å². The van der Waals surface area contributed by atoms with Crippen LogP contribution in [0, 0.1) is 27.7 Å². The van der Waals surface area contributed by atoms with Crippen molar-refractivity contribution < 1.29 is 9.59 Å². The molecule has 1 aliphatic rings. The average Bonchev–Trinajstić information content (AvgIpc) is 2.72. The van der Waals surface area contributed by atoms with Gasteiger partial charge in [0.2, 0.25) is 11.8 Å². The summed E-state index contributed by atoms with van der Waals surface area (Å²) < 4.78 is 0. The highest BCUT2D eigenvalue weighted by Gasteiger charge is 2.23. The molecule has 1 saturated heterocycles. The number of carbonyl (C=O) groups excluding carboxylic acids is 2. The normalized spacial score (nSPS) is 13.4. The number of nitrogens with zero attached hydrogens (tertiary/aromatic N) is 1. The van der Waals surface area contributed by atoms with Crippen LogP contribution in [-0.4, -0.2) is 24.2 Å². The Hall–Kier alpha value is -1.75. The van der Waals surface area contributed by atoms with E-state index in [4.69, 9.17) is 34.8 Å². The molecular formula is C26H33Cl3N2O2. The van der Waals surface area contributed by atoms with Crippen molar-refractivity contribution in [3.63, 3.8) is 0 Å². The summed E-state index contributed by atoms with van der Waals surface area (Å²) in [6.07, 6.45) is 4.85. The molecule has 0 radical (unpaired) electrons. The van der Waals surface area contributed by atoms with Crippen LogP contribution in [0.4, 0.5) is 11.4 Å². The van der Waals surface area contributed by atoms with E-state index in [1.807, 2.05) is 50.8 Å². The summed E-state index contributed by atoms with van der Waals surface area (Å²) in [6.45, 7) is 8.73. The van der Waals surface area contributed by atoms with E-state index in [1.165, 1.54) is 0 Å². The van der Waals surface area contributed by atoms with Crippen molar-refractivity contribution in [2.24, 2.45) is 0 Å². The SMILES string of the molecule is Cc1cc(C)c(N2CCCCC2=O)c(Cl)c1.Cc1cc(C)c(NC(=O)CCCCCl)c(Cl)c1. The highest BCUT2D eigenvalue weighted by Crippen LogP contribution is 2.33. The van der Waals surface area contributed by atoms with Crippen LogP contribution in [0.2, 0.25) is 10.0 Å². The van der Waals surface area contributed by atoms with E-state index in [0.29, 0.717) is 34.5 Å². The molecule has 1 N–H and O–H groups in total. The average molecular weight is 512 g/mol. The van der Waals surface area contributed by atoms with Crippen LogP contribution in [0.5, 0.6) is 0 Å². The Kier molecular flexibility index (Phi) is 11.0. The lowest BCUT2D eigenvalue weighted by molar-refractivity contribution is -0.119. The summed E-state index contributed by atoms with van der Waals surface area (Å²) in [5.41, 5.74) is 5.91. The van der Waals surface area contributed by atoms with Gasteiger partial charge in [-0.2, -0.15) is 0 Å². The molecule has 0 spiro atoms. The number of alkyl halides is 1. The van der Waals surface area contributed by atoms with Crippen LogP contribution < -0.4 is 10.2 Å². The van der Waals surface area contributed by atoms with Crippen molar-refractivity contribution in [1.82, 2.24) is 0 Å². The van der Waals surface area contributed by atoms with Gasteiger partial charge < -0.3 is 10.2 Å². The summed E-state index contributed by atoms with van der Waals surface area (Å²) in [4.78, 5) is 25.3. The van der Waals surface area contributed by atoms with Crippen molar-refractivity contribution in [1.29, 1.82) is 0 Å². The van der Waals surface area contributed by atoms with E-state index in [2.05, 4.69) is 11.4 Å². The minimum absolute atomic E-state index is 0.0102. The van der Waals surface area contributed by atoms with Gasteiger partial charge in [0.15, 0.2) is 0 Å². The van der Waals surface area contributed by atoms with Gasteiger partial charge in [0.1, 0.15) is 0 Å². The molecule has 2 aromatic carbocycles. The van der Waals surface area contributed by atoms with Crippen LogP contribution in [0.15, 0.2) is 24.3 Å². The standard InChI is InChI=1S/C13H17Cl2NO.C13H16ClNO/c1-9-7-10(2)13(11(15)8-9)16-12(17)5-3-4-6-14;1-9-7-10(2)13(11(14)8-9)15-6-4-3-5-12(15)16/h7-8H,3-6H2,1-2H3,(H,16,17);7-8H,3-6H2,1-2H3. The van der Waals surface area contributed by atoms with E-state index in [9.17, 15) is 9.59 Å². The number of hydrogen-bond donors (Lipinski definition) is 1. The van der Waals surface area contributed by atoms with Crippen LogP contribution in [0.1, 0.15) is 60.8 Å². The van der Waals surface area contributed by atoms with Gasteiger partial charge in [-0.15, -0.1) is 11.6 Å². The monoisotopic (exact) mass is 510 g/mol. The molecule has 0 saturated carbocycles. The largest absolute Gasteiger partial charge is 0.325 e. The number of unbranched alkanes of at least 4 members (excludes halogenated alkanes) is 1. The van der Waals surface area contributed by atoms with E-state index < -0.39 is 0 Å². The third-order valence-electron chi connectivity index (χ3n) is 5.48. The van der Waals surface area contributed by atoms with Crippen molar-refractivity contribution in [3.8, 4) is 0 Å². The lowest BCUT2D eigenvalue weighted by atomic mass is 10.1. The van der Waals surface area contributed by atoms with Crippen molar-refractivity contribution in [2.75, 3.05) is 22.6 Å². The van der Waals surface area contributed by atoms with E-state index in [0.717, 1.165) is 60.2 Å². The quantitative estimate of drug-likeness (QED) is 0.318. The molecule has 4 nitrogen and oxygen atoms in total. The number of rotatable bonds is 6. The van der Waals surface area contributed by atoms with Gasteiger partial charge in [-0.25, -0.2) is 0 Å². The van der Waals surface area contributed by atoms with Crippen LogP contribution >= 0.6 is 34.8 Å². The maximum Gasteiger partial charge on any atom is 0.227 e. The smallest absolute Gasteiger partial charge is 0.227 e. The van der Waals surface area contributed by atoms with Gasteiger partial charge in [0.25, 0.3) is 0 Å². The van der Waals surface area contributed by atoms with E-state index in [-0.39, 0.29) is 11.8 Å². The van der Waals surface area contributed by atoms with Crippen molar-refractivity contribution in [3.05, 3.63) is 56.6 Å². The van der Waals surface area contributed by atoms with Gasteiger partial charge in [-0.05, 0) is 87.8 Å². The highest BCUT2D eigenvalue weighted by molar-refractivity contribution is 6.34. The first-order valence-corrected chi connectivity index (χ1v) is 12.6. The minimum Gasteiger partial charge on any atom is -0.325 e. The molecule has 2 aromatic rings. The number of hydrogen-bond acceptors (Lipinski definition) is 2. The van der Waals surface area contributed by atoms with Crippen molar-refractivity contribution in [2.45, 2.75) is 66.2 Å².